The number of nitrogens with zero attached hydrogens (tertiary/aromatic N) is 1. The zero-order chi connectivity index (χ0) is 10.6. The van der Waals surface area contributed by atoms with Crippen LogP contribution in [0.4, 0.5) is 0 Å². The molecule has 0 aliphatic carbocycles. The molecule has 0 fully saturated rings. The SMILES string of the molecule is CCOc1cncc(C(=O)C(C)C)c1. The van der Waals surface area contributed by atoms with Crippen LogP contribution in [0.5, 0.6) is 5.75 Å². The number of carbonyl (C=O) groups is 1. The van der Waals surface area contributed by atoms with Gasteiger partial charge in [0.05, 0.1) is 12.8 Å². The van der Waals surface area contributed by atoms with Gasteiger partial charge in [0.15, 0.2) is 5.78 Å². The monoisotopic (exact) mass is 193 g/mol. The molecule has 3 nitrogen and oxygen atoms in total. The molecule has 76 valence electrons. The van der Waals surface area contributed by atoms with Crippen molar-refractivity contribution in [2.24, 2.45) is 5.92 Å². The Morgan fingerprint density at radius 3 is 2.79 bits per heavy atom. The van der Waals surface area contributed by atoms with E-state index in [1.165, 1.54) is 0 Å². The van der Waals surface area contributed by atoms with Crippen LogP contribution in [0, 0.1) is 5.92 Å². The Kier molecular flexibility index (Phi) is 3.63. The van der Waals surface area contributed by atoms with E-state index in [0.717, 1.165) is 0 Å². The van der Waals surface area contributed by atoms with Gasteiger partial charge in [-0.2, -0.15) is 0 Å². The number of ether oxygens (including phenoxy) is 1. The van der Waals surface area contributed by atoms with Gasteiger partial charge in [0.2, 0.25) is 0 Å². The van der Waals surface area contributed by atoms with Gasteiger partial charge in [0.25, 0.3) is 0 Å². The number of Topliss-reactive ketones (excluding diaryl/α,β-unsaturated/α-hetero) is 1. The Morgan fingerprint density at radius 2 is 2.21 bits per heavy atom. The molecular weight excluding hydrogens is 178 g/mol. The van der Waals surface area contributed by atoms with Gasteiger partial charge in [-0.05, 0) is 13.0 Å². The van der Waals surface area contributed by atoms with E-state index < -0.39 is 0 Å². The highest BCUT2D eigenvalue weighted by molar-refractivity contribution is 5.97. The fourth-order valence-corrected chi connectivity index (χ4v) is 1.13. The third kappa shape index (κ3) is 2.55. The highest BCUT2D eigenvalue weighted by atomic mass is 16.5. The number of carbonyl (C=O) groups excluding carboxylic acids is 1. The summed E-state index contributed by atoms with van der Waals surface area (Å²) in [4.78, 5) is 15.6. The molecule has 1 aromatic heterocycles. The Morgan fingerprint density at radius 1 is 1.50 bits per heavy atom. The number of aromatic nitrogens is 1. The van der Waals surface area contributed by atoms with E-state index in [4.69, 9.17) is 4.74 Å². The van der Waals surface area contributed by atoms with Gasteiger partial charge in [0.1, 0.15) is 5.75 Å². The van der Waals surface area contributed by atoms with Crippen LogP contribution in [-0.2, 0) is 0 Å². The van der Waals surface area contributed by atoms with Crippen molar-refractivity contribution in [3.63, 3.8) is 0 Å². The molecule has 0 radical (unpaired) electrons. The second kappa shape index (κ2) is 4.74. The van der Waals surface area contributed by atoms with Crippen molar-refractivity contribution in [2.75, 3.05) is 6.61 Å². The summed E-state index contributed by atoms with van der Waals surface area (Å²) in [5.41, 5.74) is 0.617. The zero-order valence-electron chi connectivity index (χ0n) is 8.78. The molecule has 0 saturated carbocycles. The molecule has 0 aliphatic heterocycles. The lowest BCUT2D eigenvalue weighted by Gasteiger charge is -2.06. The van der Waals surface area contributed by atoms with Gasteiger partial charge >= 0.3 is 0 Å². The van der Waals surface area contributed by atoms with E-state index in [9.17, 15) is 4.79 Å². The topological polar surface area (TPSA) is 39.2 Å². The first-order valence-electron chi connectivity index (χ1n) is 4.77. The second-order valence-corrected chi connectivity index (χ2v) is 3.36. The average Bonchev–Trinajstić information content (AvgIpc) is 2.17. The Bertz CT molecular complexity index is 321. The van der Waals surface area contributed by atoms with Crippen molar-refractivity contribution >= 4 is 5.78 Å². The third-order valence-corrected chi connectivity index (χ3v) is 1.83. The van der Waals surface area contributed by atoms with Crippen molar-refractivity contribution in [3.05, 3.63) is 24.0 Å². The zero-order valence-corrected chi connectivity index (χ0v) is 8.78. The number of hydrogen-bond acceptors (Lipinski definition) is 3. The molecule has 1 rings (SSSR count). The summed E-state index contributed by atoms with van der Waals surface area (Å²) in [6.45, 7) is 6.23. The van der Waals surface area contributed by atoms with Crippen molar-refractivity contribution < 1.29 is 9.53 Å². The van der Waals surface area contributed by atoms with Gasteiger partial charge in [-0.3, -0.25) is 9.78 Å². The van der Waals surface area contributed by atoms with E-state index in [1.54, 1.807) is 18.5 Å². The van der Waals surface area contributed by atoms with Crippen LogP contribution in [0.1, 0.15) is 31.1 Å². The van der Waals surface area contributed by atoms with Crippen molar-refractivity contribution in [1.29, 1.82) is 0 Å². The minimum absolute atomic E-state index is 0.00586. The Labute approximate surface area is 84.1 Å². The fraction of sp³-hybridized carbons (Fsp3) is 0.455. The minimum Gasteiger partial charge on any atom is -0.492 e. The summed E-state index contributed by atoms with van der Waals surface area (Å²) < 4.78 is 5.26. The van der Waals surface area contributed by atoms with Gasteiger partial charge < -0.3 is 4.74 Å². The summed E-state index contributed by atoms with van der Waals surface area (Å²) in [6.07, 6.45) is 3.19. The molecule has 1 aromatic rings. The lowest BCUT2D eigenvalue weighted by molar-refractivity contribution is 0.0938. The molecule has 0 bridgehead atoms. The van der Waals surface area contributed by atoms with Gasteiger partial charge in [-0.15, -0.1) is 0 Å². The highest BCUT2D eigenvalue weighted by Gasteiger charge is 2.11. The van der Waals surface area contributed by atoms with Crippen LogP contribution in [0.15, 0.2) is 18.5 Å². The third-order valence-electron chi connectivity index (χ3n) is 1.83. The van der Waals surface area contributed by atoms with E-state index in [0.29, 0.717) is 17.9 Å². The molecule has 0 aromatic carbocycles. The lowest BCUT2D eigenvalue weighted by atomic mass is 10.0. The minimum atomic E-state index is -0.00586. The molecular formula is C11H15NO2. The molecule has 14 heavy (non-hydrogen) atoms. The average molecular weight is 193 g/mol. The molecule has 0 unspecified atom stereocenters. The van der Waals surface area contributed by atoms with Crippen LogP contribution in [0.25, 0.3) is 0 Å². The van der Waals surface area contributed by atoms with E-state index >= 15 is 0 Å². The van der Waals surface area contributed by atoms with Gasteiger partial charge in [-0.25, -0.2) is 0 Å². The van der Waals surface area contributed by atoms with E-state index in [2.05, 4.69) is 4.98 Å². The fourth-order valence-electron chi connectivity index (χ4n) is 1.13. The first kappa shape index (κ1) is 10.7. The van der Waals surface area contributed by atoms with Crippen molar-refractivity contribution in [1.82, 2.24) is 4.98 Å². The second-order valence-electron chi connectivity index (χ2n) is 3.36. The predicted octanol–water partition coefficient (Wildman–Crippen LogP) is 2.32. The van der Waals surface area contributed by atoms with Crippen LogP contribution in [0.3, 0.4) is 0 Å². The summed E-state index contributed by atoms with van der Waals surface area (Å²) in [5, 5.41) is 0. The predicted molar refractivity (Wildman–Crippen MR) is 54.6 cm³/mol. The highest BCUT2D eigenvalue weighted by Crippen LogP contribution is 2.14. The number of rotatable bonds is 4. The molecule has 1 heterocycles. The van der Waals surface area contributed by atoms with Crippen molar-refractivity contribution in [2.45, 2.75) is 20.8 Å². The maximum atomic E-state index is 11.6. The van der Waals surface area contributed by atoms with Crippen LogP contribution in [-0.4, -0.2) is 17.4 Å². The maximum absolute atomic E-state index is 11.6. The summed E-state index contributed by atoms with van der Waals surface area (Å²) in [5.74, 6) is 0.742. The number of hydrogen-bond donors (Lipinski definition) is 0. The quantitative estimate of drug-likeness (QED) is 0.689. The van der Waals surface area contributed by atoms with Gasteiger partial charge in [-0.1, -0.05) is 13.8 Å². The Hall–Kier alpha value is -1.38. The maximum Gasteiger partial charge on any atom is 0.167 e. The molecule has 0 saturated heterocycles. The normalized spacial score (nSPS) is 10.3. The summed E-state index contributed by atoms with van der Waals surface area (Å²) >= 11 is 0. The summed E-state index contributed by atoms with van der Waals surface area (Å²) in [6, 6.07) is 1.73. The lowest BCUT2D eigenvalue weighted by Crippen LogP contribution is -2.08. The van der Waals surface area contributed by atoms with Crippen LogP contribution in [0.2, 0.25) is 0 Å². The number of pyridine rings is 1. The molecule has 0 amide bonds. The standard InChI is InChI=1S/C11H15NO2/c1-4-14-10-5-9(6-12-7-10)11(13)8(2)3/h5-8H,4H2,1-3H3. The van der Waals surface area contributed by atoms with Gasteiger partial charge in [0, 0.05) is 17.7 Å². The van der Waals surface area contributed by atoms with E-state index in [1.807, 2.05) is 20.8 Å². The van der Waals surface area contributed by atoms with Crippen LogP contribution >= 0.6 is 0 Å². The molecule has 0 spiro atoms. The summed E-state index contributed by atoms with van der Waals surface area (Å²) in [7, 11) is 0. The smallest absolute Gasteiger partial charge is 0.167 e. The van der Waals surface area contributed by atoms with Crippen LogP contribution < -0.4 is 4.74 Å². The molecule has 0 aliphatic rings. The first-order chi connectivity index (χ1) is 6.65. The molecule has 0 N–H and O–H groups in total. The largest absolute Gasteiger partial charge is 0.492 e. The van der Waals surface area contributed by atoms with Crippen molar-refractivity contribution in [3.8, 4) is 5.75 Å². The van der Waals surface area contributed by atoms with E-state index in [-0.39, 0.29) is 11.7 Å². The first-order valence-corrected chi connectivity index (χ1v) is 4.77. The Balaban J connectivity index is 2.88. The molecule has 0 atom stereocenters. The molecule has 3 heteroatoms. The number of ketones is 1.